The van der Waals surface area contributed by atoms with E-state index in [0.717, 1.165) is 24.1 Å². The molecular formula is C10H9B2NO3. The number of nitrogen functional groups attached to an aromatic ring is 1. The Kier molecular flexibility index (Phi) is 3.34. The van der Waals surface area contributed by atoms with Crippen molar-refractivity contribution < 1.29 is 14.3 Å². The maximum Gasteiger partial charge on any atom is 0.557 e. The predicted molar refractivity (Wildman–Crippen MR) is 63.8 cm³/mol. The summed E-state index contributed by atoms with van der Waals surface area (Å²) in [6.07, 6.45) is 0. The molecule has 4 nitrogen and oxygen atoms in total. The Morgan fingerprint density at radius 3 is 2.62 bits per heavy atom. The molecule has 2 rings (SSSR count). The molecule has 0 unspecified atom stereocenters. The third-order valence-corrected chi connectivity index (χ3v) is 2.14. The molecule has 3 N–H and O–H groups in total. The number of hydrogen-bond acceptors (Lipinski definition) is 4. The van der Waals surface area contributed by atoms with Crippen LogP contribution in [0.15, 0.2) is 36.4 Å². The molecule has 0 saturated heterocycles. The Morgan fingerprint density at radius 1 is 1.06 bits per heavy atom. The zero-order valence-corrected chi connectivity index (χ0v) is 8.46. The molecule has 0 aliphatic rings. The highest BCUT2D eigenvalue weighted by atomic mass is 16.6. The molecule has 0 bridgehead atoms. The van der Waals surface area contributed by atoms with Gasteiger partial charge in [-0.05, 0) is 35.0 Å². The number of fused-ring (bicyclic) bond motifs is 1. The maximum absolute atomic E-state index is 8.27. The van der Waals surface area contributed by atoms with Crippen LogP contribution in [0.5, 0.6) is 5.75 Å². The SMILES string of the molecule is Nc1ccc2cc(O[B]O[B]O)ccc2c1. The van der Waals surface area contributed by atoms with Gasteiger partial charge in [0.2, 0.25) is 0 Å². The minimum absolute atomic E-state index is 0.543. The monoisotopic (exact) mass is 213 g/mol. The van der Waals surface area contributed by atoms with Gasteiger partial charge in [0.15, 0.2) is 0 Å². The fourth-order valence-corrected chi connectivity index (χ4v) is 1.42. The molecule has 0 amide bonds. The molecule has 0 saturated carbocycles. The molecule has 6 heteroatoms. The second-order valence-corrected chi connectivity index (χ2v) is 3.22. The first-order valence-electron chi connectivity index (χ1n) is 4.68. The third kappa shape index (κ3) is 2.48. The number of nitrogens with two attached hydrogens (primary N) is 1. The van der Waals surface area contributed by atoms with E-state index in [2.05, 4.69) is 4.57 Å². The molecule has 0 aliphatic heterocycles. The van der Waals surface area contributed by atoms with Crippen LogP contribution in [-0.2, 0) is 4.57 Å². The molecule has 2 aromatic rings. The summed E-state index contributed by atoms with van der Waals surface area (Å²) in [6.45, 7) is 0. The van der Waals surface area contributed by atoms with Crippen LogP contribution in [0.4, 0.5) is 5.69 Å². The summed E-state index contributed by atoms with van der Waals surface area (Å²) < 4.78 is 9.55. The summed E-state index contributed by atoms with van der Waals surface area (Å²) in [5.41, 5.74) is 6.40. The maximum atomic E-state index is 8.27. The van der Waals surface area contributed by atoms with Gasteiger partial charge >= 0.3 is 15.4 Å². The van der Waals surface area contributed by atoms with E-state index in [0.29, 0.717) is 13.4 Å². The van der Waals surface area contributed by atoms with Crippen LogP contribution >= 0.6 is 0 Å². The normalized spacial score (nSPS) is 10.1. The van der Waals surface area contributed by atoms with Crippen molar-refractivity contribution in [3.05, 3.63) is 36.4 Å². The minimum atomic E-state index is 0.543. The van der Waals surface area contributed by atoms with Gasteiger partial charge in [0.1, 0.15) is 5.75 Å². The number of hydrogen-bond donors (Lipinski definition) is 2. The lowest BCUT2D eigenvalue weighted by Gasteiger charge is -2.05. The molecule has 0 aliphatic carbocycles. The summed E-state index contributed by atoms with van der Waals surface area (Å²) in [6, 6.07) is 11.2. The van der Waals surface area contributed by atoms with Gasteiger partial charge in [-0.15, -0.1) is 0 Å². The molecule has 0 spiro atoms. The average molecular weight is 213 g/mol. The van der Waals surface area contributed by atoms with Gasteiger partial charge in [0, 0.05) is 5.69 Å². The standard InChI is InChI=1S/C10H9B2NO3/c13-9-3-1-8-6-10(15-12-16-11-14)4-2-7(8)5-9/h1-6,14H,13H2. The van der Waals surface area contributed by atoms with Gasteiger partial charge in [0.05, 0.1) is 0 Å². The summed E-state index contributed by atoms with van der Waals surface area (Å²) >= 11 is 0. The van der Waals surface area contributed by atoms with E-state index in [1.54, 1.807) is 6.07 Å². The highest BCUT2D eigenvalue weighted by molar-refractivity contribution is 6.34. The van der Waals surface area contributed by atoms with Crippen molar-refractivity contribution in [3.63, 3.8) is 0 Å². The Bertz CT molecular complexity index is 492. The largest absolute Gasteiger partial charge is 0.557 e. The number of rotatable bonds is 4. The molecule has 78 valence electrons. The fraction of sp³-hybridized carbons (Fsp3) is 0. The van der Waals surface area contributed by atoms with E-state index in [-0.39, 0.29) is 0 Å². The van der Waals surface area contributed by atoms with Crippen molar-refractivity contribution in [2.75, 3.05) is 5.73 Å². The molecule has 0 aromatic heterocycles. The predicted octanol–water partition coefficient (Wildman–Crippen LogP) is 0.878. The lowest BCUT2D eigenvalue weighted by molar-refractivity contribution is 0.413. The Hall–Kier alpha value is -1.65. The van der Waals surface area contributed by atoms with E-state index in [9.17, 15) is 0 Å². The molecule has 0 heterocycles. The van der Waals surface area contributed by atoms with Crippen LogP contribution in [0, 0.1) is 0 Å². The topological polar surface area (TPSA) is 64.7 Å². The van der Waals surface area contributed by atoms with Crippen molar-refractivity contribution in [1.29, 1.82) is 0 Å². The van der Waals surface area contributed by atoms with Crippen LogP contribution < -0.4 is 10.4 Å². The van der Waals surface area contributed by atoms with Crippen LogP contribution in [0.2, 0.25) is 0 Å². The quantitative estimate of drug-likeness (QED) is 0.449. The van der Waals surface area contributed by atoms with E-state index >= 15 is 0 Å². The van der Waals surface area contributed by atoms with E-state index in [1.165, 1.54) is 0 Å². The van der Waals surface area contributed by atoms with Gasteiger partial charge in [-0.2, -0.15) is 0 Å². The van der Waals surface area contributed by atoms with Crippen LogP contribution in [-0.4, -0.2) is 20.4 Å². The summed E-state index contributed by atoms with van der Waals surface area (Å²) in [4.78, 5) is 0. The van der Waals surface area contributed by atoms with Gasteiger partial charge in [-0.25, -0.2) is 0 Å². The molecule has 16 heavy (non-hydrogen) atoms. The Labute approximate surface area is 94.6 Å². The highest BCUT2D eigenvalue weighted by Crippen LogP contribution is 2.22. The Morgan fingerprint density at radius 2 is 1.81 bits per heavy atom. The first kappa shape index (κ1) is 10.9. The molecule has 2 radical (unpaired) electrons. The number of benzene rings is 2. The van der Waals surface area contributed by atoms with Gasteiger partial charge in [-0.1, -0.05) is 12.1 Å². The first-order chi connectivity index (χ1) is 7.79. The molecular weight excluding hydrogens is 204 g/mol. The zero-order valence-electron chi connectivity index (χ0n) is 8.46. The zero-order chi connectivity index (χ0) is 11.4. The van der Waals surface area contributed by atoms with Crippen molar-refractivity contribution in [2.24, 2.45) is 0 Å². The summed E-state index contributed by atoms with van der Waals surface area (Å²) in [5, 5.41) is 10.3. The lowest BCUT2D eigenvalue weighted by atomic mass is 10.1. The highest BCUT2D eigenvalue weighted by Gasteiger charge is 2.00. The van der Waals surface area contributed by atoms with Gasteiger partial charge in [0.25, 0.3) is 0 Å². The van der Waals surface area contributed by atoms with Crippen molar-refractivity contribution >= 4 is 31.8 Å². The van der Waals surface area contributed by atoms with Crippen molar-refractivity contribution in [1.82, 2.24) is 0 Å². The van der Waals surface area contributed by atoms with Crippen molar-refractivity contribution in [2.45, 2.75) is 0 Å². The third-order valence-electron chi connectivity index (χ3n) is 2.14. The van der Waals surface area contributed by atoms with E-state index < -0.39 is 0 Å². The molecule has 0 fully saturated rings. The number of anilines is 1. The smallest absolute Gasteiger partial charge is 0.538 e. The van der Waals surface area contributed by atoms with E-state index in [4.69, 9.17) is 15.4 Å². The minimum Gasteiger partial charge on any atom is -0.538 e. The molecule has 2 aromatic carbocycles. The van der Waals surface area contributed by atoms with Crippen LogP contribution in [0.1, 0.15) is 0 Å². The average Bonchev–Trinajstić information content (AvgIpc) is 2.29. The lowest BCUT2D eigenvalue weighted by Crippen LogP contribution is -2.10. The second-order valence-electron chi connectivity index (χ2n) is 3.22. The van der Waals surface area contributed by atoms with Gasteiger partial charge in [-0.3, -0.25) is 0 Å². The molecule has 0 atom stereocenters. The summed E-state index contributed by atoms with van der Waals surface area (Å²) in [5.74, 6) is 0.624. The van der Waals surface area contributed by atoms with E-state index in [1.807, 2.05) is 30.3 Å². The second kappa shape index (κ2) is 4.92. The fourth-order valence-electron chi connectivity index (χ4n) is 1.42. The van der Waals surface area contributed by atoms with Crippen LogP contribution in [0.3, 0.4) is 0 Å². The Balaban J connectivity index is 2.20. The summed E-state index contributed by atoms with van der Waals surface area (Å²) in [7, 11) is 1.58. The van der Waals surface area contributed by atoms with Crippen LogP contribution in [0.25, 0.3) is 10.8 Å². The first-order valence-corrected chi connectivity index (χ1v) is 4.68. The van der Waals surface area contributed by atoms with Crippen molar-refractivity contribution in [3.8, 4) is 5.75 Å². The van der Waals surface area contributed by atoms with Gasteiger partial charge < -0.3 is 20.0 Å².